The van der Waals surface area contributed by atoms with E-state index in [1.165, 1.54) is 34.4 Å². The van der Waals surface area contributed by atoms with Gasteiger partial charge in [-0.2, -0.15) is 0 Å². The first-order valence-electron chi connectivity index (χ1n) is 8.37. The van der Waals surface area contributed by atoms with E-state index < -0.39 is 11.9 Å². The molecule has 0 fully saturated rings. The second-order valence-electron chi connectivity index (χ2n) is 6.69. The molecule has 1 aliphatic heterocycles. The van der Waals surface area contributed by atoms with Gasteiger partial charge in [-0.3, -0.25) is 9.59 Å². The average Bonchev–Trinajstić information content (AvgIpc) is 3.21. The molecule has 3 aromatic rings. The number of benzene rings is 1. The van der Waals surface area contributed by atoms with Gasteiger partial charge in [-0.05, 0) is 29.6 Å². The van der Waals surface area contributed by atoms with E-state index in [-0.39, 0.29) is 28.1 Å². The molecule has 3 heterocycles. The van der Waals surface area contributed by atoms with Crippen molar-refractivity contribution in [3.05, 3.63) is 68.0 Å². The quantitative estimate of drug-likeness (QED) is 0.757. The Morgan fingerprint density at radius 3 is 2.77 bits per heavy atom. The highest BCUT2D eigenvalue weighted by atomic mass is 32.1. The third-order valence-corrected chi connectivity index (χ3v) is 5.52. The summed E-state index contributed by atoms with van der Waals surface area (Å²) < 4.78 is 19.4. The topological polar surface area (TPSA) is 55.0 Å². The van der Waals surface area contributed by atoms with Crippen molar-refractivity contribution in [2.45, 2.75) is 6.04 Å². The largest absolute Gasteiger partial charge is 0.450 e. The number of rotatable bonds is 4. The van der Waals surface area contributed by atoms with Gasteiger partial charge in [0.2, 0.25) is 5.76 Å². The molecular weight excluding hydrogens is 355 g/mol. The first kappa shape index (κ1) is 16.9. The summed E-state index contributed by atoms with van der Waals surface area (Å²) in [7, 11) is 4.02. The fourth-order valence-corrected chi connectivity index (χ4v) is 4.16. The molecule has 1 aromatic carbocycles. The molecule has 134 valence electrons. The van der Waals surface area contributed by atoms with Crippen molar-refractivity contribution in [2.75, 3.05) is 27.2 Å². The molecular formula is C19H18FN2O3S+. The number of hydrogen-bond donors (Lipinski definition) is 1. The molecule has 0 unspecified atom stereocenters. The maximum atomic E-state index is 13.6. The Morgan fingerprint density at radius 2 is 2.08 bits per heavy atom. The van der Waals surface area contributed by atoms with Crippen LogP contribution in [0.1, 0.15) is 27.0 Å². The maximum absolute atomic E-state index is 13.6. The van der Waals surface area contributed by atoms with Gasteiger partial charge in [0.1, 0.15) is 11.4 Å². The Morgan fingerprint density at radius 1 is 1.27 bits per heavy atom. The molecule has 1 N–H and O–H groups in total. The molecule has 0 saturated carbocycles. The van der Waals surface area contributed by atoms with E-state index in [1.807, 2.05) is 31.6 Å². The van der Waals surface area contributed by atoms with Crippen LogP contribution in [0.5, 0.6) is 0 Å². The van der Waals surface area contributed by atoms with Crippen LogP contribution in [0.25, 0.3) is 11.0 Å². The van der Waals surface area contributed by atoms with E-state index in [9.17, 15) is 14.0 Å². The number of nitrogens with zero attached hydrogens (tertiary/aromatic N) is 1. The zero-order valence-corrected chi connectivity index (χ0v) is 15.2. The smallest absolute Gasteiger partial charge is 0.291 e. The summed E-state index contributed by atoms with van der Waals surface area (Å²) in [6.45, 7) is 1.24. The normalized spacial score (nSPS) is 16.7. The summed E-state index contributed by atoms with van der Waals surface area (Å²) in [5, 5.41) is 2.08. The molecule has 0 radical (unpaired) electrons. The zero-order valence-electron chi connectivity index (χ0n) is 14.4. The van der Waals surface area contributed by atoms with Gasteiger partial charge in [-0.15, -0.1) is 11.3 Å². The molecule has 1 amide bonds. The Labute approximate surface area is 153 Å². The van der Waals surface area contributed by atoms with Crippen molar-refractivity contribution < 1.29 is 18.5 Å². The predicted molar refractivity (Wildman–Crippen MR) is 97.3 cm³/mol. The maximum Gasteiger partial charge on any atom is 0.291 e. The number of halogens is 1. The van der Waals surface area contributed by atoms with Crippen LogP contribution < -0.4 is 10.3 Å². The summed E-state index contributed by atoms with van der Waals surface area (Å²) in [5.41, 5.74) is 0.199. The van der Waals surface area contributed by atoms with E-state index in [0.29, 0.717) is 12.1 Å². The fraction of sp³-hybridized carbons (Fsp3) is 0.263. The number of carbonyl (C=O) groups excluding carboxylic acids is 1. The van der Waals surface area contributed by atoms with E-state index >= 15 is 0 Å². The molecule has 2 aromatic heterocycles. The van der Waals surface area contributed by atoms with Crippen LogP contribution in [0.4, 0.5) is 4.39 Å². The lowest BCUT2D eigenvalue weighted by atomic mass is 10.0. The third kappa shape index (κ3) is 2.64. The Bertz CT molecular complexity index is 1040. The van der Waals surface area contributed by atoms with E-state index in [0.717, 1.165) is 11.4 Å². The van der Waals surface area contributed by atoms with Gasteiger partial charge in [0.15, 0.2) is 5.43 Å². The van der Waals surface area contributed by atoms with E-state index in [1.54, 1.807) is 4.90 Å². The number of thiophene rings is 1. The summed E-state index contributed by atoms with van der Waals surface area (Å²) in [5.74, 6) is -0.723. The number of nitrogens with one attached hydrogen (secondary N) is 1. The number of carbonyl (C=O) groups is 1. The number of fused-ring (bicyclic) bond motifs is 2. The van der Waals surface area contributed by atoms with Crippen LogP contribution in [0.3, 0.4) is 0 Å². The second kappa shape index (κ2) is 6.34. The van der Waals surface area contributed by atoms with Crippen molar-refractivity contribution in [3.63, 3.8) is 0 Å². The predicted octanol–water partition coefficient (Wildman–Crippen LogP) is 1.68. The lowest BCUT2D eigenvalue weighted by Crippen LogP contribution is -3.06. The molecule has 0 saturated heterocycles. The molecule has 7 heteroatoms. The van der Waals surface area contributed by atoms with Gasteiger partial charge < -0.3 is 14.2 Å². The SMILES string of the molecule is C[NH+](C)CCN1C(=O)c2oc3ccc(F)cc3c(=O)c2[C@@H]1c1cccs1. The van der Waals surface area contributed by atoms with Crippen LogP contribution >= 0.6 is 11.3 Å². The van der Waals surface area contributed by atoms with Crippen LogP contribution in [0.2, 0.25) is 0 Å². The minimum Gasteiger partial charge on any atom is -0.450 e. The highest BCUT2D eigenvalue weighted by Crippen LogP contribution is 2.39. The molecule has 0 bridgehead atoms. The van der Waals surface area contributed by atoms with Crippen molar-refractivity contribution in [1.82, 2.24) is 4.90 Å². The molecule has 0 aliphatic carbocycles. The first-order chi connectivity index (χ1) is 12.5. The van der Waals surface area contributed by atoms with Crippen molar-refractivity contribution >= 4 is 28.2 Å². The average molecular weight is 373 g/mol. The minimum atomic E-state index is -0.505. The lowest BCUT2D eigenvalue weighted by molar-refractivity contribution is -0.857. The van der Waals surface area contributed by atoms with Gasteiger partial charge in [0.25, 0.3) is 5.91 Å². The van der Waals surface area contributed by atoms with Crippen LogP contribution in [-0.2, 0) is 0 Å². The van der Waals surface area contributed by atoms with Gasteiger partial charge in [-0.1, -0.05) is 6.07 Å². The molecule has 5 nitrogen and oxygen atoms in total. The summed E-state index contributed by atoms with van der Waals surface area (Å²) in [4.78, 5) is 29.9. The van der Waals surface area contributed by atoms with Crippen molar-refractivity contribution in [1.29, 1.82) is 0 Å². The van der Waals surface area contributed by atoms with Crippen LogP contribution in [0.15, 0.2) is 44.9 Å². The molecule has 1 aliphatic rings. The summed E-state index contributed by atoms with van der Waals surface area (Å²) in [6.07, 6.45) is 0. The summed E-state index contributed by atoms with van der Waals surface area (Å²) in [6, 6.07) is 7.10. The van der Waals surface area contributed by atoms with Gasteiger partial charge >= 0.3 is 0 Å². The van der Waals surface area contributed by atoms with Crippen LogP contribution in [-0.4, -0.2) is 38.0 Å². The minimum absolute atomic E-state index is 0.0706. The Balaban J connectivity index is 1.94. The first-order valence-corrected chi connectivity index (χ1v) is 9.25. The van der Waals surface area contributed by atoms with Gasteiger partial charge in [-0.25, -0.2) is 4.39 Å². The number of quaternary nitrogens is 1. The third-order valence-electron chi connectivity index (χ3n) is 4.59. The van der Waals surface area contributed by atoms with Gasteiger partial charge in [0.05, 0.1) is 44.2 Å². The summed E-state index contributed by atoms with van der Waals surface area (Å²) >= 11 is 1.49. The molecule has 26 heavy (non-hydrogen) atoms. The highest BCUT2D eigenvalue weighted by Gasteiger charge is 2.43. The number of hydrogen-bond acceptors (Lipinski definition) is 4. The number of likely N-dealkylation sites (N-methyl/N-ethyl adjacent to an activating group) is 1. The Kier molecular flexibility index (Phi) is 4.13. The van der Waals surface area contributed by atoms with Crippen LogP contribution in [0, 0.1) is 5.82 Å². The van der Waals surface area contributed by atoms with E-state index in [4.69, 9.17) is 4.42 Å². The number of amides is 1. The van der Waals surface area contributed by atoms with Crippen molar-refractivity contribution in [3.8, 4) is 0 Å². The molecule has 1 atom stereocenters. The second-order valence-corrected chi connectivity index (χ2v) is 7.67. The fourth-order valence-electron chi connectivity index (χ4n) is 3.31. The standard InChI is InChI=1S/C19H17FN2O3S/c1-21(2)7-8-22-16(14-4-3-9-26-14)15-17(23)12-10-11(20)5-6-13(12)25-18(15)19(22)24/h3-6,9-10,16H,7-8H2,1-2H3/p+1/t16-/m0/s1. The molecule has 4 rings (SSSR count). The zero-order chi connectivity index (χ0) is 18.4. The highest BCUT2D eigenvalue weighted by molar-refractivity contribution is 7.10. The monoisotopic (exact) mass is 373 g/mol. The lowest BCUT2D eigenvalue weighted by Gasteiger charge is -2.24. The van der Waals surface area contributed by atoms with Gasteiger partial charge in [0, 0.05) is 4.88 Å². The van der Waals surface area contributed by atoms with E-state index in [2.05, 4.69) is 0 Å². The molecule has 0 spiro atoms. The Hall–Kier alpha value is -2.51. The van der Waals surface area contributed by atoms with Crippen molar-refractivity contribution in [2.24, 2.45) is 0 Å².